The van der Waals surface area contributed by atoms with Crippen molar-refractivity contribution in [2.75, 3.05) is 0 Å². The van der Waals surface area contributed by atoms with Crippen molar-refractivity contribution in [3.8, 4) is 0 Å². The lowest BCUT2D eigenvalue weighted by Crippen LogP contribution is -2.51. The highest BCUT2D eigenvalue weighted by Crippen LogP contribution is 2.44. The minimum absolute atomic E-state index is 0.0388. The van der Waals surface area contributed by atoms with Gasteiger partial charge in [0.05, 0.1) is 22.3 Å². The lowest BCUT2D eigenvalue weighted by molar-refractivity contribution is -0.135. The monoisotopic (exact) mass is 505 g/mol. The molecular formula is C27H15N5O6. The Hall–Kier alpha value is -5.58. The summed E-state index contributed by atoms with van der Waals surface area (Å²) in [6.45, 7) is 0. The summed E-state index contributed by atoms with van der Waals surface area (Å²) in [6.07, 6.45) is 0. The number of nitrogens with zero attached hydrogens (tertiary/aromatic N) is 3. The van der Waals surface area contributed by atoms with E-state index in [0.717, 1.165) is 5.01 Å². The van der Waals surface area contributed by atoms with Crippen molar-refractivity contribution < 1.29 is 29.4 Å². The number of fused-ring (bicyclic) bond motifs is 4. The largest absolute Gasteiger partial charge is 0.478 e. The van der Waals surface area contributed by atoms with E-state index in [1.807, 2.05) is 0 Å². The lowest BCUT2D eigenvalue weighted by atomic mass is 9.85. The maximum absolute atomic E-state index is 13.4. The predicted octanol–water partition coefficient (Wildman–Crippen LogP) is 2.38. The SMILES string of the molecule is O=C(O)C1=C2NC(=O)c3ccc4cc(ccc4n3)C1=C(C(=O)O)N1NC(=O)c3ccc4cc(ccc4n3)C21. The number of aliphatic carboxylic acids is 2. The molecule has 0 aliphatic carbocycles. The van der Waals surface area contributed by atoms with Gasteiger partial charge in [0.25, 0.3) is 11.8 Å². The van der Waals surface area contributed by atoms with Crippen LogP contribution in [0.5, 0.6) is 0 Å². The number of aromatic nitrogens is 2. The molecule has 184 valence electrons. The minimum atomic E-state index is -1.47. The van der Waals surface area contributed by atoms with Crippen molar-refractivity contribution in [3.05, 3.63) is 100 Å². The maximum Gasteiger partial charge on any atom is 0.354 e. The summed E-state index contributed by atoms with van der Waals surface area (Å²) in [5.74, 6) is -4.30. The summed E-state index contributed by atoms with van der Waals surface area (Å²) in [5.41, 5.74) is 3.22. The van der Waals surface area contributed by atoms with Crippen LogP contribution >= 0.6 is 0 Å². The molecule has 4 aromatic rings. The van der Waals surface area contributed by atoms with Crippen LogP contribution in [0.3, 0.4) is 0 Å². The number of carbonyl (C=O) groups excluding carboxylic acids is 2. The zero-order valence-corrected chi connectivity index (χ0v) is 19.2. The smallest absolute Gasteiger partial charge is 0.354 e. The molecule has 10 bridgehead atoms. The summed E-state index contributed by atoms with van der Waals surface area (Å²) in [4.78, 5) is 61.2. The molecule has 11 nitrogen and oxygen atoms in total. The van der Waals surface area contributed by atoms with Gasteiger partial charge < -0.3 is 15.5 Å². The molecule has 9 heterocycles. The number of carboxylic acids is 2. The highest BCUT2D eigenvalue weighted by molar-refractivity contribution is 6.15. The van der Waals surface area contributed by atoms with Gasteiger partial charge in [-0.05, 0) is 47.5 Å². The van der Waals surface area contributed by atoms with Crippen LogP contribution in [0.4, 0.5) is 0 Å². The third-order valence-corrected chi connectivity index (χ3v) is 6.89. The zero-order valence-electron chi connectivity index (χ0n) is 19.2. The normalized spacial score (nSPS) is 17.9. The second-order valence-electron chi connectivity index (χ2n) is 9.04. The number of amides is 2. The second-order valence-corrected chi connectivity index (χ2v) is 9.04. The molecule has 38 heavy (non-hydrogen) atoms. The molecule has 7 aliphatic heterocycles. The summed E-state index contributed by atoms with van der Waals surface area (Å²) in [5, 5.41) is 26.0. The summed E-state index contributed by atoms with van der Waals surface area (Å²) in [7, 11) is 0. The summed E-state index contributed by atoms with van der Waals surface area (Å²) >= 11 is 0. The van der Waals surface area contributed by atoms with Crippen molar-refractivity contribution in [2.45, 2.75) is 6.04 Å². The first-order valence-corrected chi connectivity index (χ1v) is 11.5. The Morgan fingerprint density at radius 3 is 2.13 bits per heavy atom. The van der Waals surface area contributed by atoms with Crippen LogP contribution in [-0.2, 0) is 9.59 Å². The number of nitrogens with one attached hydrogen (secondary N) is 2. The quantitative estimate of drug-likeness (QED) is 0.320. The van der Waals surface area contributed by atoms with E-state index in [2.05, 4.69) is 20.7 Å². The first-order chi connectivity index (χ1) is 18.3. The van der Waals surface area contributed by atoms with Gasteiger partial charge in [0.1, 0.15) is 17.4 Å². The van der Waals surface area contributed by atoms with Gasteiger partial charge in [0.2, 0.25) is 0 Å². The average molecular weight is 505 g/mol. The molecule has 11 heteroatoms. The summed E-state index contributed by atoms with van der Waals surface area (Å²) < 4.78 is 0. The molecule has 4 N–H and O–H groups in total. The average Bonchev–Trinajstić information content (AvgIpc) is 2.93. The third kappa shape index (κ3) is 2.95. The van der Waals surface area contributed by atoms with Crippen LogP contribution in [0.1, 0.15) is 38.1 Å². The summed E-state index contributed by atoms with van der Waals surface area (Å²) in [6, 6.07) is 14.9. The van der Waals surface area contributed by atoms with Crippen LogP contribution in [0.25, 0.3) is 27.4 Å². The number of hydrazine groups is 1. The standard InChI is InChI=1S/C27H15N5O6/c33-24-17-7-1-11-9-13(3-5-15(11)28-17)19-20(26(35)36)21(30-24)22-14-4-6-16-12(10-14)2-8-18(29-16)25(34)31-32(22)23(19)27(37)38/h1-10,22H,(H,30,33)(H,31,34)(H,35,36)(H,37,38). The number of rotatable bonds is 2. The van der Waals surface area contributed by atoms with Gasteiger partial charge >= 0.3 is 11.9 Å². The molecule has 2 amide bonds. The van der Waals surface area contributed by atoms with Crippen molar-refractivity contribution in [3.63, 3.8) is 0 Å². The molecule has 2 aromatic heterocycles. The molecule has 0 saturated carbocycles. The van der Waals surface area contributed by atoms with Crippen LogP contribution in [0.15, 0.2) is 77.6 Å². The third-order valence-electron chi connectivity index (χ3n) is 6.89. The Balaban J connectivity index is 1.64. The van der Waals surface area contributed by atoms with Gasteiger partial charge in [-0.1, -0.05) is 24.3 Å². The number of hydrogen-bond donors (Lipinski definition) is 4. The second kappa shape index (κ2) is 7.46. The van der Waals surface area contributed by atoms with Crippen molar-refractivity contribution >= 4 is 51.1 Å². The number of pyridine rings is 2. The van der Waals surface area contributed by atoms with E-state index in [1.54, 1.807) is 48.5 Å². The Morgan fingerprint density at radius 2 is 1.45 bits per heavy atom. The van der Waals surface area contributed by atoms with Gasteiger partial charge in [-0.25, -0.2) is 19.6 Å². The Kier molecular flexibility index (Phi) is 4.26. The Bertz CT molecular complexity index is 1890. The number of carbonyl (C=O) groups is 4. The first-order valence-electron chi connectivity index (χ1n) is 11.5. The highest BCUT2D eigenvalue weighted by atomic mass is 16.4. The van der Waals surface area contributed by atoms with Crippen LogP contribution in [0, 0.1) is 0 Å². The van der Waals surface area contributed by atoms with Crippen molar-refractivity contribution in [2.24, 2.45) is 0 Å². The minimum Gasteiger partial charge on any atom is -0.478 e. The number of hydrogen-bond acceptors (Lipinski definition) is 7. The highest BCUT2D eigenvalue weighted by Gasteiger charge is 2.44. The van der Waals surface area contributed by atoms with Crippen LogP contribution in [-0.4, -0.2) is 48.9 Å². The molecule has 0 saturated heterocycles. The van der Waals surface area contributed by atoms with E-state index in [4.69, 9.17) is 0 Å². The van der Waals surface area contributed by atoms with Crippen molar-refractivity contribution in [1.29, 1.82) is 0 Å². The Morgan fingerprint density at radius 1 is 0.789 bits per heavy atom. The molecular weight excluding hydrogens is 490 g/mol. The maximum atomic E-state index is 13.4. The van der Waals surface area contributed by atoms with Gasteiger partial charge in [-0.3, -0.25) is 20.0 Å². The van der Waals surface area contributed by atoms with Gasteiger partial charge in [-0.15, -0.1) is 0 Å². The number of carboxylic acid groups (broad SMARTS) is 2. The van der Waals surface area contributed by atoms with E-state index < -0.39 is 41.1 Å². The van der Waals surface area contributed by atoms with E-state index in [-0.39, 0.29) is 28.2 Å². The van der Waals surface area contributed by atoms with Gasteiger partial charge in [-0.2, -0.15) is 0 Å². The molecule has 11 rings (SSSR count). The van der Waals surface area contributed by atoms with E-state index in [9.17, 15) is 29.4 Å². The zero-order chi connectivity index (χ0) is 26.3. The topological polar surface area (TPSA) is 162 Å². The fourth-order valence-electron chi connectivity index (χ4n) is 5.25. The Labute approximate surface area is 212 Å². The van der Waals surface area contributed by atoms with E-state index in [0.29, 0.717) is 27.4 Å². The van der Waals surface area contributed by atoms with E-state index >= 15 is 0 Å². The molecule has 1 unspecified atom stereocenters. The number of benzene rings is 2. The van der Waals surface area contributed by atoms with Crippen LogP contribution < -0.4 is 10.7 Å². The predicted molar refractivity (Wildman–Crippen MR) is 132 cm³/mol. The fourth-order valence-corrected chi connectivity index (χ4v) is 5.25. The molecule has 7 aliphatic rings. The fraction of sp³-hybridized carbons (Fsp3) is 0.0370. The van der Waals surface area contributed by atoms with E-state index in [1.165, 1.54) is 12.1 Å². The van der Waals surface area contributed by atoms with Gasteiger partial charge in [0, 0.05) is 16.3 Å². The molecule has 0 spiro atoms. The van der Waals surface area contributed by atoms with Gasteiger partial charge in [0.15, 0.2) is 5.70 Å². The van der Waals surface area contributed by atoms with Crippen LogP contribution in [0.2, 0.25) is 0 Å². The lowest BCUT2D eigenvalue weighted by Gasteiger charge is -2.41. The molecule has 0 radical (unpaired) electrons. The van der Waals surface area contributed by atoms with Crippen molar-refractivity contribution in [1.82, 2.24) is 25.7 Å². The molecule has 1 atom stereocenters. The molecule has 2 aromatic carbocycles. The molecule has 0 fully saturated rings. The first kappa shape index (κ1) is 21.7.